The molecule has 0 spiro atoms. The third-order valence-electron chi connectivity index (χ3n) is 3.35. The minimum atomic E-state index is -1.02. The van der Waals surface area contributed by atoms with Crippen molar-refractivity contribution < 1.29 is 14.7 Å². The van der Waals surface area contributed by atoms with Gasteiger partial charge in [-0.2, -0.15) is 5.26 Å². The van der Waals surface area contributed by atoms with E-state index < -0.39 is 18.0 Å². The third kappa shape index (κ3) is 2.43. The van der Waals surface area contributed by atoms with Crippen LogP contribution < -0.4 is 4.90 Å². The molecule has 1 aromatic carbocycles. The first-order valence-electron chi connectivity index (χ1n) is 6.28. The summed E-state index contributed by atoms with van der Waals surface area (Å²) in [5, 5.41) is 17.9. The van der Waals surface area contributed by atoms with E-state index in [-0.39, 0.29) is 13.0 Å². The summed E-state index contributed by atoms with van der Waals surface area (Å²) in [6.07, 6.45) is 0.527. The predicted octanol–water partition coefficient (Wildman–Crippen LogP) is 1.47. The number of carbonyl (C=O) groups excluding carboxylic acids is 1. The van der Waals surface area contributed by atoms with Crippen molar-refractivity contribution in [2.45, 2.75) is 18.9 Å². The first-order chi connectivity index (χ1) is 9.56. The van der Waals surface area contributed by atoms with Gasteiger partial charge >= 0.3 is 12.0 Å². The fourth-order valence-electron chi connectivity index (χ4n) is 2.32. The molecule has 0 bridgehead atoms. The summed E-state index contributed by atoms with van der Waals surface area (Å²) in [6.45, 7) is 0.278. The first kappa shape index (κ1) is 13.9. The molecule has 6 nitrogen and oxygen atoms in total. The Balaban J connectivity index is 2.29. The highest BCUT2D eigenvalue weighted by molar-refractivity contribution is 6.00. The summed E-state index contributed by atoms with van der Waals surface area (Å²) in [6, 6.07) is 7.87. The van der Waals surface area contributed by atoms with Crippen LogP contribution in [0.15, 0.2) is 24.3 Å². The highest BCUT2D eigenvalue weighted by Gasteiger charge is 2.39. The van der Waals surface area contributed by atoms with Gasteiger partial charge < -0.3 is 10.0 Å². The Bertz CT molecular complexity index is 579. The molecular weight excluding hydrogens is 258 g/mol. The molecule has 6 heteroatoms. The zero-order valence-corrected chi connectivity index (χ0v) is 11.1. The highest BCUT2D eigenvalue weighted by Crippen LogP contribution is 2.32. The number of hydrogen-bond donors (Lipinski definition) is 1. The maximum Gasteiger partial charge on any atom is 0.327 e. The average Bonchev–Trinajstić information content (AvgIpc) is 2.83. The van der Waals surface area contributed by atoms with Gasteiger partial charge in [0.1, 0.15) is 6.04 Å². The Morgan fingerprint density at radius 3 is 2.85 bits per heavy atom. The molecule has 0 saturated carbocycles. The van der Waals surface area contributed by atoms with Gasteiger partial charge in [0.2, 0.25) is 0 Å². The Labute approximate surface area is 116 Å². The van der Waals surface area contributed by atoms with E-state index in [0.717, 1.165) is 5.56 Å². The van der Waals surface area contributed by atoms with Crippen LogP contribution in [-0.4, -0.2) is 41.6 Å². The van der Waals surface area contributed by atoms with Crippen molar-refractivity contribution in [1.29, 1.82) is 5.26 Å². The minimum absolute atomic E-state index is 0.218. The molecule has 1 heterocycles. The van der Waals surface area contributed by atoms with Gasteiger partial charge in [-0.3, -0.25) is 4.90 Å². The Morgan fingerprint density at radius 2 is 2.20 bits per heavy atom. The SMILES string of the molecule is CN(CCC#N)C(=O)N1c2ccccc2CC1C(=O)O. The number of amides is 2. The summed E-state index contributed by atoms with van der Waals surface area (Å²) in [7, 11) is 1.57. The fraction of sp³-hybridized carbons (Fsp3) is 0.357. The molecule has 1 atom stereocenters. The van der Waals surface area contributed by atoms with E-state index in [0.29, 0.717) is 12.1 Å². The minimum Gasteiger partial charge on any atom is -0.480 e. The van der Waals surface area contributed by atoms with Crippen LogP contribution in [0.2, 0.25) is 0 Å². The lowest BCUT2D eigenvalue weighted by molar-refractivity contribution is -0.138. The van der Waals surface area contributed by atoms with Crippen molar-refractivity contribution >= 4 is 17.7 Å². The molecule has 1 unspecified atom stereocenters. The van der Waals surface area contributed by atoms with E-state index in [4.69, 9.17) is 5.26 Å². The van der Waals surface area contributed by atoms with Gasteiger partial charge in [0, 0.05) is 25.7 Å². The monoisotopic (exact) mass is 273 g/mol. The summed E-state index contributed by atoms with van der Waals surface area (Å²) in [5.74, 6) is -1.02. The number of nitrogens with zero attached hydrogens (tertiary/aromatic N) is 3. The Morgan fingerprint density at radius 1 is 1.50 bits per heavy atom. The summed E-state index contributed by atoms with van der Waals surface area (Å²) in [4.78, 5) is 26.4. The van der Waals surface area contributed by atoms with Crippen molar-refractivity contribution in [1.82, 2.24) is 4.90 Å². The van der Waals surface area contributed by atoms with Gasteiger partial charge in [0.25, 0.3) is 0 Å². The molecule has 2 rings (SSSR count). The maximum atomic E-state index is 12.4. The lowest BCUT2D eigenvalue weighted by Crippen LogP contribution is -2.48. The normalized spacial score (nSPS) is 16.4. The molecule has 104 valence electrons. The highest BCUT2D eigenvalue weighted by atomic mass is 16.4. The molecule has 1 aromatic rings. The number of carboxylic acids is 1. The number of urea groups is 1. The van der Waals surface area contributed by atoms with Crippen LogP contribution in [0.5, 0.6) is 0 Å². The molecule has 1 N–H and O–H groups in total. The van der Waals surface area contributed by atoms with Crippen molar-refractivity contribution in [3.63, 3.8) is 0 Å². The molecule has 20 heavy (non-hydrogen) atoms. The number of fused-ring (bicyclic) bond motifs is 1. The molecule has 1 aliphatic heterocycles. The van der Waals surface area contributed by atoms with Crippen LogP contribution >= 0.6 is 0 Å². The van der Waals surface area contributed by atoms with E-state index >= 15 is 0 Å². The lowest BCUT2D eigenvalue weighted by Gasteiger charge is -2.27. The fourth-order valence-corrected chi connectivity index (χ4v) is 2.32. The summed E-state index contributed by atoms with van der Waals surface area (Å²) in [5.41, 5.74) is 1.48. The number of carboxylic acid groups (broad SMARTS) is 1. The number of hydrogen-bond acceptors (Lipinski definition) is 3. The predicted molar refractivity (Wildman–Crippen MR) is 72.3 cm³/mol. The first-order valence-corrected chi connectivity index (χ1v) is 6.28. The molecule has 0 radical (unpaired) electrons. The van der Waals surface area contributed by atoms with Crippen LogP contribution in [0.1, 0.15) is 12.0 Å². The number of anilines is 1. The smallest absolute Gasteiger partial charge is 0.327 e. The second-order valence-corrected chi connectivity index (χ2v) is 4.67. The number of aliphatic carboxylic acids is 1. The third-order valence-corrected chi connectivity index (χ3v) is 3.35. The van der Waals surface area contributed by atoms with Crippen LogP contribution in [-0.2, 0) is 11.2 Å². The largest absolute Gasteiger partial charge is 0.480 e. The van der Waals surface area contributed by atoms with Gasteiger partial charge in [0.05, 0.1) is 12.5 Å². The molecule has 0 aliphatic carbocycles. The van der Waals surface area contributed by atoms with Gasteiger partial charge in [-0.15, -0.1) is 0 Å². The quantitative estimate of drug-likeness (QED) is 0.903. The van der Waals surface area contributed by atoms with Gasteiger partial charge in [-0.1, -0.05) is 18.2 Å². The second kappa shape index (κ2) is 5.61. The molecule has 2 amide bonds. The molecular formula is C14H15N3O3. The van der Waals surface area contributed by atoms with Crippen molar-refractivity contribution in [2.75, 3.05) is 18.5 Å². The van der Waals surface area contributed by atoms with Crippen molar-refractivity contribution in [3.8, 4) is 6.07 Å². The van der Waals surface area contributed by atoms with Crippen LogP contribution in [0.25, 0.3) is 0 Å². The van der Waals surface area contributed by atoms with E-state index in [2.05, 4.69) is 0 Å². The lowest BCUT2D eigenvalue weighted by atomic mass is 10.1. The van der Waals surface area contributed by atoms with Crippen LogP contribution in [0.3, 0.4) is 0 Å². The van der Waals surface area contributed by atoms with Crippen molar-refractivity contribution in [2.24, 2.45) is 0 Å². The van der Waals surface area contributed by atoms with Crippen LogP contribution in [0.4, 0.5) is 10.5 Å². The number of benzene rings is 1. The molecule has 0 saturated heterocycles. The van der Waals surface area contributed by atoms with Crippen LogP contribution in [0, 0.1) is 11.3 Å². The summed E-state index contributed by atoms with van der Waals surface area (Å²) < 4.78 is 0. The number of para-hydroxylation sites is 1. The zero-order valence-electron chi connectivity index (χ0n) is 11.1. The van der Waals surface area contributed by atoms with Gasteiger partial charge in [0.15, 0.2) is 0 Å². The number of rotatable bonds is 3. The van der Waals surface area contributed by atoms with Gasteiger partial charge in [-0.05, 0) is 11.6 Å². The van der Waals surface area contributed by atoms with Gasteiger partial charge in [-0.25, -0.2) is 9.59 Å². The van der Waals surface area contributed by atoms with Crippen molar-refractivity contribution in [3.05, 3.63) is 29.8 Å². The standard InChI is InChI=1S/C14H15N3O3/c1-16(8-4-7-15)14(20)17-11-6-3-2-5-10(11)9-12(17)13(18)19/h2-3,5-6,12H,4,8-9H2,1H3,(H,18,19). The number of carbonyl (C=O) groups is 2. The topological polar surface area (TPSA) is 84.6 Å². The molecule has 1 aliphatic rings. The maximum absolute atomic E-state index is 12.4. The van der Waals surface area contributed by atoms with E-state index in [1.54, 1.807) is 19.2 Å². The summed E-state index contributed by atoms with van der Waals surface area (Å²) >= 11 is 0. The average molecular weight is 273 g/mol. The van der Waals surface area contributed by atoms with E-state index in [9.17, 15) is 14.7 Å². The van der Waals surface area contributed by atoms with E-state index in [1.165, 1.54) is 9.80 Å². The number of nitriles is 1. The Hall–Kier alpha value is -2.55. The Kier molecular flexibility index (Phi) is 3.89. The van der Waals surface area contributed by atoms with E-state index in [1.807, 2.05) is 18.2 Å². The molecule has 0 aromatic heterocycles. The zero-order chi connectivity index (χ0) is 14.7. The second-order valence-electron chi connectivity index (χ2n) is 4.67. The molecule has 0 fully saturated rings.